The summed E-state index contributed by atoms with van der Waals surface area (Å²) in [7, 11) is -1.13. The molecule has 0 spiro atoms. The van der Waals surface area contributed by atoms with Gasteiger partial charge < -0.3 is 10.0 Å². The zero-order valence-corrected chi connectivity index (χ0v) is 30.3. The maximum atomic E-state index is 8.28. The highest BCUT2D eigenvalue weighted by molar-refractivity contribution is 6.41. The SMILES string of the molecule is CC(C)CB(O)O.Cc1cc(C)cc(-c2ccc3ccc(CC(C)C)cc3n2)c1.Cc1cc(C)cc(-c2ccc3ccc(Cl)cc3n2)c1. The number of aryl methyl sites for hydroxylation is 4. The third-order valence-corrected chi connectivity index (χ3v) is 8.01. The van der Waals surface area contributed by atoms with E-state index in [0.29, 0.717) is 18.2 Å². The van der Waals surface area contributed by atoms with Crippen molar-refractivity contribution in [2.24, 2.45) is 11.8 Å². The highest BCUT2D eigenvalue weighted by Crippen LogP contribution is 2.26. The van der Waals surface area contributed by atoms with Crippen LogP contribution in [0.1, 0.15) is 55.5 Å². The number of nitrogens with zero attached hydrogens (tertiary/aromatic N) is 2. The molecule has 0 radical (unpaired) electrons. The standard InChI is InChI=1S/C21H23N.C17H14ClN.C4H11BO2/c1-14(2)9-17-5-6-18-7-8-20(22-21(18)13-17)19-11-15(3)10-16(4)12-19;1-11-7-12(2)9-14(8-11)16-6-4-13-3-5-15(18)10-17(13)19-16;1-4(2)3-5(6)7/h5-8,10-14H,9H2,1-4H3;3-10H,1-2H3;4,6-7H,3H2,1-2H3. The Kier molecular flexibility index (Phi) is 12.9. The minimum atomic E-state index is -1.13. The van der Waals surface area contributed by atoms with Gasteiger partial charge in [0.15, 0.2) is 0 Å². The molecule has 48 heavy (non-hydrogen) atoms. The average Bonchev–Trinajstić information content (AvgIpc) is 2.99. The van der Waals surface area contributed by atoms with E-state index in [1.807, 2.05) is 32.0 Å². The lowest BCUT2D eigenvalue weighted by molar-refractivity contribution is 0.394. The van der Waals surface area contributed by atoms with Crippen molar-refractivity contribution in [1.29, 1.82) is 0 Å². The van der Waals surface area contributed by atoms with Crippen LogP contribution in [0.5, 0.6) is 0 Å². The van der Waals surface area contributed by atoms with E-state index in [1.165, 1.54) is 38.8 Å². The number of fused-ring (bicyclic) bond motifs is 2. The topological polar surface area (TPSA) is 66.2 Å². The minimum Gasteiger partial charge on any atom is -0.427 e. The van der Waals surface area contributed by atoms with Crippen molar-refractivity contribution in [2.75, 3.05) is 0 Å². The van der Waals surface area contributed by atoms with Crippen LogP contribution in [0.4, 0.5) is 0 Å². The van der Waals surface area contributed by atoms with E-state index in [0.717, 1.165) is 44.8 Å². The van der Waals surface area contributed by atoms with Gasteiger partial charge in [-0.15, -0.1) is 0 Å². The van der Waals surface area contributed by atoms with Gasteiger partial charge in [0.25, 0.3) is 0 Å². The number of hydrogen-bond donors (Lipinski definition) is 2. The van der Waals surface area contributed by atoms with Crippen LogP contribution < -0.4 is 0 Å². The monoisotopic (exact) mass is 658 g/mol. The first-order valence-electron chi connectivity index (χ1n) is 16.7. The molecule has 0 atom stereocenters. The molecule has 0 bridgehead atoms. The Morgan fingerprint density at radius 2 is 1.00 bits per heavy atom. The minimum absolute atomic E-state index is 0.375. The highest BCUT2D eigenvalue weighted by Gasteiger charge is 2.08. The maximum Gasteiger partial charge on any atom is 0.451 e. The fourth-order valence-electron chi connectivity index (χ4n) is 5.84. The smallest absolute Gasteiger partial charge is 0.427 e. The summed E-state index contributed by atoms with van der Waals surface area (Å²) < 4.78 is 0. The lowest BCUT2D eigenvalue weighted by atomic mass is 9.80. The van der Waals surface area contributed by atoms with Crippen LogP contribution in [0.2, 0.25) is 11.3 Å². The van der Waals surface area contributed by atoms with Gasteiger partial charge in [-0.1, -0.05) is 104 Å². The van der Waals surface area contributed by atoms with Gasteiger partial charge >= 0.3 is 7.12 Å². The molecule has 0 amide bonds. The summed E-state index contributed by atoms with van der Waals surface area (Å²) in [5, 5.41) is 19.6. The van der Waals surface area contributed by atoms with Gasteiger partial charge in [0.2, 0.25) is 0 Å². The van der Waals surface area contributed by atoms with Gasteiger partial charge in [-0.05, 0) is 112 Å². The molecule has 6 aromatic rings. The molecule has 0 saturated carbocycles. The van der Waals surface area contributed by atoms with E-state index < -0.39 is 7.12 Å². The van der Waals surface area contributed by atoms with Gasteiger partial charge in [0, 0.05) is 26.9 Å². The molecular weight excluding hydrogens is 611 g/mol. The molecule has 0 saturated heterocycles. The van der Waals surface area contributed by atoms with Crippen LogP contribution >= 0.6 is 11.6 Å². The van der Waals surface area contributed by atoms with Gasteiger partial charge in [0.1, 0.15) is 0 Å². The maximum absolute atomic E-state index is 8.28. The molecule has 4 aromatic carbocycles. The molecule has 6 heteroatoms. The fraction of sp³-hybridized carbons (Fsp3) is 0.286. The summed E-state index contributed by atoms with van der Waals surface area (Å²) in [5.41, 5.74) is 12.9. The average molecular weight is 659 g/mol. The first-order valence-corrected chi connectivity index (χ1v) is 17.1. The predicted molar refractivity (Wildman–Crippen MR) is 207 cm³/mol. The molecule has 6 rings (SSSR count). The van der Waals surface area contributed by atoms with Crippen LogP contribution in [0.15, 0.2) is 97.1 Å². The molecule has 4 nitrogen and oxygen atoms in total. The van der Waals surface area contributed by atoms with Gasteiger partial charge in [-0.2, -0.15) is 0 Å². The number of hydrogen-bond acceptors (Lipinski definition) is 4. The van der Waals surface area contributed by atoms with E-state index in [4.69, 9.17) is 31.6 Å². The number of pyridine rings is 2. The van der Waals surface area contributed by atoms with Crippen molar-refractivity contribution in [1.82, 2.24) is 9.97 Å². The second-order valence-electron chi connectivity index (χ2n) is 13.7. The third-order valence-electron chi connectivity index (χ3n) is 7.77. The predicted octanol–water partition coefficient (Wildman–Crippen LogP) is 11.0. The van der Waals surface area contributed by atoms with Crippen LogP contribution in [0.3, 0.4) is 0 Å². The van der Waals surface area contributed by atoms with Crippen LogP contribution in [-0.2, 0) is 6.42 Å². The normalized spacial score (nSPS) is 10.9. The molecule has 0 aliphatic heterocycles. The largest absolute Gasteiger partial charge is 0.451 e. The number of aromatic nitrogens is 2. The lowest BCUT2D eigenvalue weighted by Crippen LogP contribution is -2.12. The Labute approximate surface area is 292 Å². The summed E-state index contributed by atoms with van der Waals surface area (Å²) in [5.74, 6) is 1.04. The second-order valence-corrected chi connectivity index (χ2v) is 14.2. The zero-order valence-electron chi connectivity index (χ0n) is 29.6. The van der Waals surface area contributed by atoms with E-state index in [1.54, 1.807) is 0 Å². The van der Waals surface area contributed by atoms with Crippen LogP contribution in [-0.4, -0.2) is 27.1 Å². The Morgan fingerprint density at radius 3 is 1.42 bits per heavy atom. The van der Waals surface area contributed by atoms with E-state index in [9.17, 15) is 0 Å². The molecule has 2 N–H and O–H groups in total. The quantitative estimate of drug-likeness (QED) is 0.175. The number of halogens is 1. The lowest BCUT2D eigenvalue weighted by Gasteiger charge is -2.09. The van der Waals surface area contributed by atoms with Crippen molar-refractivity contribution in [3.63, 3.8) is 0 Å². The highest BCUT2D eigenvalue weighted by atomic mass is 35.5. The Balaban J connectivity index is 0.000000183. The first kappa shape index (κ1) is 36.8. The van der Waals surface area contributed by atoms with Gasteiger partial charge in [0.05, 0.1) is 22.4 Å². The van der Waals surface area contributed by atoms with Crippen molar-refractivity contribution >= 4 is 40.5 Å². The molecule has 2 aromatic heterocycles. The molecule has 0 fully saturated rings. The van der Waals surface area contributed by atoms with E-state index in [2.05, 4.69) is 120 Å². The molecule has 248 valence electrons. The third kappa shape index (κ3) is 11.0. The van der Waals surface area contributed by atoms with Crippen LogP contribution in [0, 0.1) is 39.5 Å². The molecule has 0 aliphatic carbocycles. The van der Waals surface area contributed by atoms with Crippen LogP contribution in [0.25, 0.3) is 44.3 Å². The van der Waals surface area contributed by atoms with E-state index in [-0.39, 0.29) is 0 Å². The van der Waals surface area contributed by atoms with Crippen molar-refractivity contribution in [3.8, 4) is 22.5 Å². The van der Waals surface area contributed by atoms with Crippen molar-refractivity contribution < 1.29 is 10.0 Å². The Bertz CT molecular complexity index is 1940. The summed E-state index contributed by atoms with van der Waals surface area (Å²) in [6, 6.07) is 34.0. The van der Waals surface area contributed by atoms with E-state index >= 15 is 0 Å². The van der Waals surface area contributed by atoms with Crippen molar-refractivity contribution in [3.05, 3.63) is 130 Å². The molecule has 0 unspecified atom stereocenters. The Morgan fingerprint density at radius 1 is 0.562 bits per heavy atom. The van der Waals surface area contributed by atoms with Gasteiger partial charge in [-0.25, -0.2) is 9.97 Å². The fourth-order valence-corrected chi connectivity index (χ4v) is 6.01. The Hall–Kier alpha value is -4.03. The zero-order chi connectivity index (χ0) is 35.0. The summed E-state index contributed by atoms with van der Waals surface area (Å²) in [6.07, 6.45) is 1.57. The molecular formula is C42H48BClN2O2. The molecule has 2 heterocycles. The number of benzene rings is 4. The molecule has 0 aliphatic rings. The van der Waals surface area contributed by atoms with Crippen molar-refractivity contribution in [2.45, 2.75) is 68.1 Å². The first-order chi connectivity index (χ1) is 22.7. The second kappa shape index (κ2) is 16.9. The van der Waals surface area contributed by atoms with Gasteiger partial charge in [-0.3, -0.25) is 0 Å². The summed E-state index contributed by atoms with van der Waals surface area (Å²) >= 11 is 6.03. The number of rotatable bonds is 6. The summed E-state index contributed by atoms with van der Waals surface area (Å²) in [4.78, 5) is 9.60. The summed E-state index contributed by atoms with van der Waals surface area (Å²) in [6.45, 7) is 16.9.